The fraction of sp³-hybridized carbons (Fsp3) is 0.0909. The van der Waals surface area contributed by atoms with Crippen LogP contribution in [0.25, 0.3) is 10.9 Å². The van der Waals surface area contributed by atoms with Gasteiger partial charge in [-0.05, 0) is 0 Å². The Morgan fingerprint density at radius 1 is 1.28 bits per heavy atom. The number of aromatic nitrogens is 1. The van der Waals surface area contributed by atoms with Crippen molar-refractivity contribution in [3.8, 4) is 0 Å². The predicted molar refractivity (Wildman–Crippen MR) is 56.0 cm³/mol. The van der Waals surface area contributed by atoms with E-state index in [1.54, 1.807) is 0 Å². The van der Waals surface area contributed by atoms with E-state index in [1.807, 2.05) is 0 Å². The molecule has 94 valence electrons. The van der Waals surface area contributed by atoms with Gasteiger partial charge in [-0.1, -0.05) is 0 Å². The molecule has 1 N–H and O–H groups in total. The smallest absolute Gasteiger partial charge is 0.341 e. The van der Waals surface area contributed by atoms with Crippen LogP contribution >= 0.6 is 0 Å². The lowest BCUT2D eigenvalue weighted by Gasteiger charge is -2.09. The molecule has 0 aliphatic carbocycles. The maximum absolute atomic E-state index is 13.5. The van der Waals surface area contributed by atoms with Gasteiger partial charge in [-0.25, -0.2) is 18.0 Å². The first kappa shape index (κ1) is 12.2. The summed E-state index contributed by atoms with van der Waals surface area (Å²) in [5, 5.41) is 7.85. The quantitative estimate of drug-likeness (QED) is 0.790. The van der Waals surface area contributed by atoms with Crippen molar-refractivity contribution < 1.29 is 23.1 Å². The Hall–Kier alpha value is -2.31. The molecule has 1 aromatic heterocycles. The van der Waals surface area contributed by atoms with E-state index in [4.69, 9.17) is 5.11 Å². The highest BCUT2D eigenvalue weighted by molar-refractivity contribution is 5.92. The summed E-state index contributed by atoms with van der Waals surface area (Å²) in [7, 11) is 1.23. The van der Waals surface area contributed by atoms with Crippen LogP contribution in [0.1, 0.15) is 10.4 Å². The minimum absolute atomic E-state index is 0.303. The van der Waals surface area contributed by atoms with Crippen molar-refractivity contribution in [2.24, 2.45) is 7.05 Å². The number of carboxylic acid groups (broad SMARTS) is 1. The minimum atomic E-state index is -1.60. The SMILES string of the molecule is Cn1cc(C(=O)O)c(=O)c2c(F)c(F)cc(F)c21. The summed E-state index contributed by atoms with van der Waals surface area (Å²) in [6.45, 7) is 0. The predicted octanol–water partition coefficient (Wildman–Crippen LogP) is 1.65. The van der Waals surface area contributed by atoms with E-state index >= 15 is 0 Å². The van der Waals surface area contributed by atoms with Gasteiger partial charge >= 0.3 is 5.97 Å². The van der Waals surface area contributed by atoms with Crippen LogP contribution in [0.3, 0.4) is 0 Å². The maximum atomic E-state index is 13.5. The lowest BCUT2D eigenvalue weighted by molar-refractivity contribution is 0.0695. The van der Waals surface area contributed by atoms with E-state index in [0.717, 1.165) is 10.8 Å². The number of fused-ring (bicyclic) bond motifs is 1. The third kappa shape index (κ3) is 1.55. The number of nitrogens with zero attached hydrogens (tertiary/aromatic N) is 1. The average molecular weight is 257 g/mol. The highest BCUT2D eigenvalue weighted by Crippen LogP contribution is 2.21. The van der Waals surface area contributed by atoms with Crippen molar-refractivity contribution in [1.82, 2.24) is 4.57 Å². The second kappa shape index (κ2) is 3.86. The zero-order chi connectivity index (χ0) is 13.6. The number of carboxylic acids is 1. The molecule has 0 aliphatic rings. The molecule has 0 saturated heterocycles. The Balaban J connectivity index is 3.14. The molecule has 0 spiro atoms. The number of carbonyl (C=O) groups is 1. The first-order valence-electron chi connectivity index (χ1n) is 4.74. The van der Waals surface area contributed by atoms with E-state index < -0.39 is 45.3 Å². The van der Waals surface area contributed by atoms with Gasteiger partial charge in [-0.15, -0.1) is 0 Å². The van der Waals surface area contributed by atoms with Gasteiger partial charge in [0.1, 0.15) is 5.56 Å². The van der Waals surface area contributed by atoms with Gasteiger partial charge in [-0.2, -0.15) is 0 Å². The monoisotopic (exact) mass is 257 g/mol. The summed E-state index contributed by atoms with van der Waals surface area (Å²) < 4.78 is 41.0. The van der Waals surface area contributed by atoms with Gasteiger partial charge in [0.25, 0.3) is 0 Å². The number of pyridine rings is 1. The molecule has 0 atom stereocenters. The molecular weight excluding hydrogens is 251 g/mol. The maximum Gasteiger partial charge on any atom is 0.341 e. The second-order valence-corrected chi connectivity index (χ2v) is 3.67. The van der Waals surface area contributed by atoms with E-state index in [0.29, 0.717) is 6.07 Å². The van der Waals surface area contributed by atoms with Crippen LogP contribution in [-0.2, 0) is 7.05 Å². The summed E-state index contributed by atoms with van der Waals surface area (Å²) in [6, 6.07) is 0.303. The highest BCUT2D eigenvalue weighted by atomic mass is 19.2. The molecule has 0 saturated carbocycles. The standard InChI is InChI=1S/C11H6F3NO3/c1-15-3-4(11(17)18)10(16)7-8(14)5(12)2-6(13)9(7)15/h2-3H,1H3,(H,17,18). The Labute approximate surface area is 97.9 Å². The van der Waals surface area contributed by atoms with Gasteiger partial charge < -0.3 is 9.67 Å². The number of halogens is 3. The van der Waals surface area contributed by atoms with Crippen LogP contribution in [0.4, 0.5) is 13.2 Å². The molecule has 0 amide bonds. The molecule has 1 aromatic carbocycles. The lowest BCUT2D eigenvalue weighted by Crippen LogP contribution is -2.20. The van der Waals surface area contributed by atoms with Crippen LogP contribution in [0.2, 0.25) is 0 Å². The van der Waals surface area contributed by atoms with Gasteiger partial charge in [-0.3, -0.25) is 4.79 Å². The number of hydrogen-bond donors (Lipinski definition) is 1. The largest absolute Gasteiger partial charge is 0.477 e. The molecule has 7 heteroatoms. The molecule has 0 unspecified atom stereocenters. The number of rotatable bonds is 1. The molecule has 0 aliphatic heterocycles. The van der Waals surface area contributed by atoms with E-state index in [-0.39, 0.29) is 0 Å². The number of benzene rings is 1. The van der Waals surface area contributed by atoms with Crippen molar-refractivity contribution in [2.75, 3.05) is 0 Å². The lowest BCUT2D eigenvalue weighted by atomic mass is 10.1. The molecule has 1 heterocycles. The van der Waals surface area contributed by atoms with Gasteiger partial charge in [0.15, 0.2) is 17.5 Å². The van der Waals surface area contributed by atoms with Crippen molar-refractivity contribution in [1.29, 1.82) is 0 Å². The molecule has 18 heavy (non-hydrogen) atoms. The summed E-state index contributed by atoms with van der Waals surface area (Å²) in [5.74, 6) is -5.84. The zero-order valence-electron chi connectivity index (χ0n) is 9.00. The van der Waals surface area contributed by atoms with Crippen LogP contribution in [0, 0.1) is 17.5 Å². The molecule has 4 nitrogen and oxygen atoms in total. The Bertz CT molecular complexity index is 737. The van der Waals surface area contributed by atoms with Gasteiger partial charge in [0, 0.05) is 19.3 Å². The highest BCUT2D eigenvalue weighted by Gasteiger charge is 2.21. The normalized spacial score (nSPS) is 10.9. The summed E-state index contributed by atoms with van der Waals surface area (Å²) in [6.07, 6.45) is 0.855. The van der Waals surface area contributed by atoms with Crippen LogP contribution in [0.5, 0.6) is 0 Å². The topological polar surface area (TPSA) is 59.3 Å². The fourth-order valence-corrected chi connectivity index (χ4v) is 1.74. The second-order valence-electron chi connectivity index (χ2n) is 3.67. The van der Waals surface area contributed by atoms with E-state index in [9.17, 15) is 22.8 Å². The minimum Gasteiger partial charge on any atom is -0.477 e. The van der Waals surface area contributed by atoms with E-state index in [1.165, 1.54) is 7.05 Å². The Morgan fingerprint density at radius 2 is 1.89 bits per heavy atom. The molecular formula is C11H6F3NO3. The fourth-order valence-electron chi connectivity index (χ4n) is 1.74. The van der Waals surface area contributed by atoms with Crippen LogP contribution in [0.15, 0.2) is 17.1 Å². The summed E-state index contributed by atoms with van der Waals surface area (Å²) in [4.78, 5) is 22.5. The summed E-state index contributed by atoms with van der Waals surface area (Å²) in [5.41, 5.74) is -2.50. The number of aromatic carboxylic acids is 1. The number of hydrogen-bond acceptors (Lipinski definition) is 2. The third-order valence-electron chi connectivity index (χ3n) is 2.52. The van der Waals surface area contributed by atoms with Crippen molar-refractivity contribution >= 4 is 16.9 Å². The molecule has 0 fully saturated rings. The molecule has 0 bridgehead atoms. The Morgan fingerprint density at radius 3 is 2.44 bits per heavy atom. The van der Waals surface area contributed by atoms with Gasteiger partial charge in [0.05, 0.1) is 10.9 Å². The first-order chi connectivity index (χ1) is 8.34. The van der Waals surface area contributed by atoms with Crippen molar-refractivity contribution in [2.45, 2.75) is 0 Å². The zero-order valence-corrected chi connectivity index (χ0v) is 9.00. The first-order valence-corrected chi connectivity index (χ1v) is 4.74. The van der Waals surface area contributed by atoms with Gasteiger partial charge in [0.2, 0.25) is 5.43 Å². The molecule has 2 rings (SSSR count). The van der Waals surface area contributed by atoms with Crippen molar-refractivity contribution in [3.05, 3.63) is 45.5 Å². The molecule has 0 radical (unpaired) electrons. The number of aryl methyl sites for hydroxylation is 1. The van der Waals surface area contributed by atoms with Crippen molar-refractivity contribution in [3.63, 3.8) is 0 Å². The Kier molecular flexibility index (Phi) is 2.61. The van der Waals surface area contributed by atoms with Crippen LogP contribution < -0.4 is 5.43 Å². The third-order valence-corrected chi connectivity index (χ3v) is 2.52. The summed E-state index contributed by atoms with van der Waals surface area (Å²) >= 11 is 0. The average Bonchev–Trinajstić information content (AvgIpc) is 2.28. The molecule has 2 aromatic rings. The van der Waals surface area contributed by atoms with Crippen LogP contribution in [-0.4, -0.2) is 15.6 Å². The van der Waals surface area contributed by atoms with E-state index in [2.05, 4.69) is 0 Å².